The standard InChI is InChI=1S/C10H10ClN3O/c11-8-3-4-9(14-7-8)10(15)13-6-2-1-5-12/h3-4,7H,1-2,6H2,(H,13,15). The van der Waals surface area contributed by atoms with E-state index in [1.807, 2.05) is 6.07 Å². The van der Waals surface area contributed by atoms with E-state index in [9.17, 15) is 4.79 Å². The van der Waals surface area contributed by atoms with Crippen LogP contribution in [-0.2, 0) is 0 Å². The highest BCUT2D eigenvalue weighted by molar-refractivity contribution is 6.30. The van der Waals surface area contributed by atoms with Crippen molar-refractivity contribution in [2.24, 2.45) is 0 Å². The molecule has 4 nitrogen and oxygen atoms in total. The van der Waals surface area contributed by atoms with Gasteiger partial charge in [-0.25, -0.2) is 4.98 Å². The molecule has 0 fully saturated rings. The van der Waals surface area contributed by atoms with Gasteiger partial charge < -0.3 is 5.32 Å². The fourth-order valence-electron chi connectivity index (χ4n) is 0.970. The minimum atomic E-state index is -0.246. The van der Waals surface area contributed by atoms with Gasteiger partial charge in [0.25, 0.3) is 5.91 Å². The molecule has 1 aromatic rings. The number of aromatic nitrogens is 1. The zero-order valence-electron chi connectivity index (χ0n) is 8.03. The number of rotatable bonds is 4. The molecule has 0 atom stereocenters. The average molecular weight is 224 g/mol. The van der Waals surface area contributed by atoms with Crippen LogP contribution in [0.2, 0.25) is 5.02 Å². The molecule has 5 heteroatoms. The summed E-state index contributed by atoms with van der Waals surface area (Å²) in [5.74, 6) is -0.246. The number of carbonyl (C=O) groups is 1. The fraction of sp³-hybridized carbons (Fsp3) is 0.300. The van der Waals surface area contributed by atoms with Crippen molar-refractivity contribution in [2.45, 2.75) is 12.8 Å². The SMILES string of the molecule is N#CCCCNC(=O)c1ccc(Cl)cn1. The molecule has 0 bridgehead atoms. The molecule has 0 saturated carbocycles. The molecule has 1 rings (SSSR count). The zero-order valence-corrected chi connectivity index (χ0v) is 8.79. The van der Waals surface area contributed by atoms with Gasteiger partial charge in [-0.05, 0) is 18.6 Å². The maximum atomic E-state index is 11.4. The van der Waals surface area contributed by atoms with Crippen LogP contribution in [0.25, 0.3) is 0 Å². The Morgan fingerprint density at radius 3 is 3.00 bits per heavy atom. The van der Waals surface area contributed by atoms with Gasteiger partial charge in [-0.15, -0.1) is 0 Å². The summed E-state index contributed by atoms with van der Waals surface area (Å²) < 4.78 is 0. The summed E-state index contributed by atoms with van der Waals surface area (Å²) in [6.45, 7) is 0.483. The van der Waals surface area contributed by atoms with Crippen LogP contribution in [-0.4, -0.2) is 17.4 Å². The quantitative estimate of drug-likeness (QED) is 0.792. The Morgan fingerprint density at radius 1 is 1.60 bits per heavy atom. The van der Waals surface area contributed by atoms with Crippen molar-refractivity contribution in [3.05, 3.63) is 29.0 Å². The molecule has 1 amide bonds. The number of unbranched alkanes of at least 4 members (excludes halogenated alkanes) is 1. The second-order valence-electron chi connectivity index (χ2n) is 2.88. The van der Waals surface area contributed by atoms with Crippen molar-refractivity contribution in [1.29, 1.82) is 5.26 Å². The smallest absolute Gasteiger partial charge is 0.269 e. The lowest BCUT2D eigenvalue weighted by molar-refractivity contribution is 0.0948. The second-order valence-corrected chi connectivity index (χ2v) is 3.32. The normalized spacial score (nSPS) is 9.33. The molecule has 15 heavy (non-hydrogen) atoms. The first-order valence-electron chi connectivity index (χ1n) is 4.50. The minimum Gasteiger partial charge on any atom is -0.351 e. The van der Waals surface area contributed by atoms with E-state index in [0.29, 0.717) is 30.1 Å². The summed E-state index contributed by atoms with van der Waals surface area (Å²) >= 11 is 5.63. The highest BCUT2D eigenvalue weighted by atomic mass is 35.5. The van der Waals surface area contributed by atoms with E-state index in [2.05, 4.69) is 10.3 Å². The van der Waals surface area contributed by atoms with E-state index >= 15 is 0 Å². The van der Waals surface area contributed by atoms with E-state index in [0.717, 1.165) is 0 Å². The number of hydrogen-bond acceptors (Lipinski definition) is 3. The van der Waals surface area contributed by atoms with E-state index in [4.69, 9.17) is 16.9 Å². The van der Waals surface area contributed by atoms with Crippen LogP contribution in [0.3, 0.4) is 0 Å². The van der Waals surface area contributed by atoms with Crippen molar-refractivity contribution in [1.82, 2.24) is 10.3 Å². The predicted molar refractivity (Wildman–Crippen MR) is 56.4 cm³/mol. The second kappa shape index (κ2) is 5.99. The van der Waals surface area contributed by atoms with Crippen LogP contribution < -0.4 is 5.32 Å². The summed E-state index contributed by atoms with van der Waals surface area (Å²) in [6.07, 6.45) is 2.51. The third-order valence-corrected chi connectivity index (χ3v) is 1.93. The van der Waals surface area contributed by atoms with E-state index < -0.39 is 0 Å². The van der Waals surface area contributed by atoms with Crippen molar-refractivity contribution < 1.29 is 4.79 Å². The Labute approximate surface area is 92.9 Å². The molecule has 0 saturated heterocycles. The van der Waals surface area contributed by atoms with Crippen LogP contribution >= 0.6 is 11.6 Å². The monoisotopic (exact) mass is 223 g/mol. The maximum absolute atomic E-state index is 11.4. The summed E-state index contributed by atoms with van der Waals surface area (Å²) in [5.41, 5.74) is 0.330. The third kappa shape index (κ3) is 3.96. The van der Waals surface area contributed by atoms with Crippen LogP contribution in [0.15, 0.2) is 18.3 Å². The number of amides is 1. The third-order valence-electron chi connectivity index (χ3n) is 1.71. The minimum absolute atomic E-state index is 0.246. The molecule has 0 aromatic carbocycles. The molecule has 0 unspecified atom stereocenters. The van der Waals surface area contributed by atoms with Gasteiger partial charge in [-0.1, -0.05) is 11.6 Å². The summed E-state index contributed by atoms with van der Waals surface area (Å²) in [7, 11) is 0. The lowest BCUT2D eigenvalue weighted by Crippen LogP contribution is -2.25. The first kappa shape index (κ1) is 11.5. The Morgan fingerprint density at radius 2 is 2.40 bits per heavy atom. The van der Waals surface area contributed by atoms with Crippen molar-refractivity contribution >= 4 is 17.5 Å². The number of nitrogens with one attached hydrogen (secondary N) is 1. The van der Waals surface area contributed by atoms with Crippen molar-refractivity contribution in [3.8, 4) is 6.07 Å². The summed E-state index contributed by atoms with van der Waals surface area (Å²) in [4.78, 5) is 15.3. The van der Waals surface area contributed by atoms with E-state index in [-0.39, 0.29) is 5.91 Å². The number of halogens is 1. The largest absolute Gasteiger partial charge is 0.351 e. The first-order chi connectivity index (χ1) is 7.24. The Kier molecular flexibility index (Phi) is 4.58. The lowest BCUT2D eigenvalue weighted by Gasteiger charge is -2.02. The zero-order chi connectivity index (χ0) is 11.1. The Balaban J connectivity index is 2.41. The summed E-state index contributed by atoms with van der Waals surface area (Å²) in [5, 5.41) is 11.4. The number of carbonyl (C=O) groups excluding carboxylic acids is 1. The maximum Gasteiger partial charge on any atom is 0.269 e. The van der Waals surface area contributed by atoms with Gasteiger partial charge in [0.1, 0.15) is 5.69 Å². The molecule has 1 aromatic heterocycles. The molecule has 1 heterocycles. The van der Waals surface area contributed by atoms with Gasteiger partial charge in [0, 0.05) is 19.2 Å². The van der Waals surface area contributed by atoms with E-state index in [1.54, 1.807) is 12.1 Å². The van der Waals surface area contributed by atoms with Crippen molar-refractivity contribution in [3.63, 3.8) is 0 Å². The molecule has 1 N–H and O–H groups in total. The topological polar surface area (TPSA) is 65.8 Å². The van der Waals surface area contributed by atoms with Gasteiger partial charge in [-0.3, -0.25) is 4.79 Å². The molecular formula is C10H10ClN3O. The molecular weight excluding hydrogens is 214 g/mol. The van der Waals surface area contributed by atoms with Gasteiger partial charge in [0.2, 0.25) is 0 Å². The van der Waals surface area contributed by atoms with Crippen LogP contribution in [0.4, 0.5) is 0 Å². The number of nitrogens with zero attached hydrogens (tertiary/aromatic N) is 2. The number of hydrogen-bond donors (Lipinski definition) is 1. The lowest BCUT2D eigenvalue weighted by atomic mass is 10.3. The van der Waals surface area contributed by atoms with Crippen LogP contribution in [0.5, 0.6) is 0 Å². The molecule has 78 valence electrons. The van der Waals surface area contributed by atoms with Crippen LogP contribution in [0.1, 0.15) is 23.3 Å². The van der Waals surface area contributed by atoms with E-state index in [1.165, 1.54) is 6.20 Å². The van der Waals surface area contributed by atoms with Gasteiger partial charge >= 0.3 is 0 Å². The van der Waals surface area contributed by atoms with Gasteiger partial charge in [-0.2, -0.15) is 5.26 Å². The molecule has 0 aliphatic carbocycles. The van der Waals surface area contributed by atoms with Gasteiger partial charge in [0.05, 0.1) is 11.1 Å². The predicted octanol–water partition coefficient (Wildman–Crippen LogP) is 1.77. The van der Waals surface area contributed by atoms with Crippen LogP contribution in [0, 0.1) is 11.3 Å². The average Bonchev–Trinajstić information content (AvgIpc) is 2.25. The summed E-state index contributed by atoms with van der Waals surface area (Å²) in [6, 6.07) is 5.17. The molecule has 0 aliphatic heterocycles. The number of pyridine rings is 1. The fourth-order valence-corrected chi connectivity index (χ4v) is 1.08. The Bertz CT molecular complexity index is 369. The molecule has 0 aliphatic rings. The first-order valence-corrected chi connectivity index (χ1v) is 4.88. The molecule has 0 radical (unpaired) electrons. The Hall–Kier alpha value is -1.60. The highest BCUT2D eigenvalue weighted by Crippen LogP contribution is 2.05. The molecule has 0 spiro atoms. The van der Waals surface area contributed by atoms with Gasteiger partial charge in [0.15, 0.2) is 0 Å². The highest BCUT2D eigenvalue weighted by Gasteiger charge is 2.05. The van der Waals surface area contributed by atoms with Crippen molar-refractivity contribution in [2.75, 3.05) is 6.54 Å². The number of nitriles is 1.